The summed E-state index contributed by atoms with van der Waals surface area (Å²) in [5.74, 6) is 0. The van der Waals surface area contributed by atoms with Crippen LogP contribution in [0, 0.1) is 0 Å². The Labute approximate surface area is 85.9 Å². The highest BCUT2D eigenvalue weighted by Gasteiger charge is 2.34. The molecule has 0 aromatic rings. The van der Waals surface area contributed by atoms with Gasteiger partial charge in [-0.1, -0.05) is 0 Å². The summed E-state index contributed by atoms with van der Waals surface area (Å²) in [4.78, 5) is 25.3. The van der Waals surface area contributed by atoms with E-state index in [9.17, 15) is 9.13 Å². The molecule has 1 atom stereocenters. The lowest BCUT2D eigenvalue weighted by Gasteiger charge is -2.18. The van der Waals surface area contributed by atoms with E-state index in [1.54, 1.807) is 20.8 Å². The van der Waals surface area contributed by atoms with Gasteiger partial charge in [0, 0.05) is 16.8 Å². The van der Waals surface area contributed by atoms with E-state index in [2.05, 4.69) is 8.28 Å². The fourth-order valence-corrected chi connectivity index (χ4v) is 3.01. The van der Waals surface area contributed by atoms with Gasteiger partial charge in [-0.05, 0) is 20.8 Å². The second-order valence-electron chi connectivity index (χ2n) is 3.31. The Kier molecular flexibility index (Phi) is 4.84. The standard InChI is InChI=1S/C4H12O7P2S/c1-4(2,3)14-11-13(8,9)10-12(5,6)7/h1-3H3,(H,8,9)(H2,5,6,7). The highest BCUT2D eigenvalue weighted by atomic mass is 32.2. The summed E-state index contributed by atoms with van der Waals surface area (Å²) in [6.45, 7) is 5.07. The molecule has 0 bridgehead atoms. The average molecular weight is 266 g/mol. The number of phosphoric acid groups is 2. The minimum Gasteiger partial charge on any atom is -0.302 e. The quantitative estimate of drug-likeness (QED) is 0.520. The minimum absolute atomic E-state index is 0.489. The van der Waals surface area contributed by atoms with Gasteiger partial charge < -0.3 is 14.7 Å². The molecule has 0 aliphatic heterocycles. The predicted molar refractivity (Wildman–Crippen MR) is 51.4 cm³/mol. The molecule has 7 nitrogen and oxygen atoms in total. The minimum atomic E-state index is -5.02. The summed E-state index contributed by atoms with van der Waals surface area (Å²) >= 11 is 0.600. The number of hydrogen-bond acceptors (Lipinski definition) is 5. The lowest BCUT2D eigenvalue weighted by atomic mass is 10.3. The van der Waals surface area contributed by atoms with Crippen molar-refractivity contribution in [3.8, 4) is 0 Å². The van der Waals surface area contributed by atoms with Crippen LogP contribution in [0.1, 0.15) is 20.8 Å². The molecule has 10 heteroatoms. The first-order chi connectivity index (χ1) is 5.91. The molecule has 0 saturated heterocycles. The third-order valence-corrected chi connectivity index (χ3v) is 3.82. The van der Waals surface area contributed by atoms with E-state index in [0.717, 1.165) is 0 Å². The smallest absolute Gasteiger partial charge is 0.302 e. The molecular weight excluding hydrogens is 254 g/mol. The Bertz CT molecular complexity index is 278. The monoisotopic (exact) mass is 266 g/mol. The van der Waals surface area contributed by atoms with Crippen molar-refractivity contribution in [2.75, 3.05) is 0 Å². The van der Waals surface area contributed by atoms with Crippen molar-refractivity contribution in [3.05, 3.63) is 0 Å². The van der Waals surface area contributed by atoms with Crippen LogP contribution in [0.25, 0.3) is 0 Å². The van der Waals surface area contributed by atoms with Crippen molar-refractivity contribution >= 4 is 27.7 Å². The Balaban J connectivity index is 4.24. The lowest BCUT2D eigenvalue weighted by Crippen LogP contribution is -2.07. The van der Waals surface area contributed by atoms with Crippen LogP contribution in [0.15, 0.2) is 0 Å². The van der Waals surface area contributed by atoms with Crippen molar-refractivity contribution in [2.24, 2.45) is 0 Å². The summed E-state index contributed by atoms with van der Waals surface area (Å²) < 4.78 is 28.4. The molecule has 0 aromatic heterocycles. The topological polar surface area (TPSA) is 113 Å². The Morgan fingerprint density at radius 1 is 1.14 bits per heavy atom. The molecule has 0 amide bonds. The van der Waals surface area contributed by atoms with Crippen LogP contribution in [-0.4, -0.2) is 19.4 Å². The molecule has 1 unspecified atom stereocenters. The van der Waals surface area contributed by atoms with Crippen molar-refractivity contribution in [2.45, 2.75) is 25.5 Å². The molecule has 0 aliphatic carbocycles. The summed E-state index contributed by atoms with van der Waals surface area (Å²) in [6, 6.07) is 0. The van der Waals surface area contributed by atoms with Gasteiger partial charge in [0.1, 0.15) is 0 Å². The molecular formula is C4H12O7P2S. The summed E-state index contributed by atoms with van der Waals surface area (Å²) in [5, 5.41) is 0. The first-order valence-corrected chi connectivity index (χ1v) is 7.15. The SMILES string of the molecule is CC(C)(C)SOP(=O)(O)OP(=O)(O)O. The highest BCUT2D eigenvalue weighted by molar-refractivity contribution is 7.99. The molecule has 14 heavy (non-hydrogen) atoms. The molecule has 86 valence electrons. The molecule has 0 aliphatic rings. The van der Waals surface area contributed by atoms with Crippen LogP contribution in [0.4, 0.5) is 0 Å². The van der Waals surface area contributed by atoms with E-state index in [1.165, 1.54) is 0 Å². The Morgan fingerprint density at radius 3 is 1.86 bits per heavy atom. The zero-order valence-electron chi connectivity index (χ0n) is 7.78. The van der Waals surface area contributed by atoms with Crippen molar-refractivity contribution in [1.82, 2.24) is 0 Å². The second kappa shape index (κ2) is 4.63. The molecule has 0 spiro atoms. The third-order valence-electron chi connectivity index (χ3n) is 0.591. The van der Waals surface area contributed by atoms with Gasteiger partial charge in [0.25, 0.3) is 0 Å². The molecule has 3 N–H and O–H groups in total. The van der Waals surface area contributed by atoms with Crippen LogP contribution < -0.4 is 0 Å². The zero-order chi connectivity index (χ0) is 11.6. The van der Waals surface area contributed by atoms with Gasteiger partial charge in [-0.2, -0.15) is 4.31 Å². The van der Waals surface area contributed by atoms with Crippen LogP contribution in [-0.2, 0) is 17.4 Å². The van der Waals surface area contributed by atoms with Crippen LogP contribution >= 0.6 is 27.7 Å². The first-order valence-electron chi connectivity index (χ1n) is 3.38. The van der Waals surface area contributed by atoms with Crippen molar-refractivity contribution < 1.29 is 32.1 Å². The summed E-state index contributed by atoms with van der Waals surface area (Å²) in [5.41, 5.74) is 0. The van der Waals surface area contributed by atoms with Gasteiger partial charge in [0.2, 0.25) is 0 Å². The maximum Gasteiger partial charge on any atom is 0.492 e. The maximum absolute atomic E-state index is 10.9. The Hall–Kier alpha value is 0.610. The largest absolute Gasteiger partial charge is 0.492 e. The van der Waals surface area contributed by atoms with Crippen LogP contribution in [0.3, 0.4) is 0 Å². The summed E-state index contributed by atoms with van der Waals surface area (Å²) in [7, 11) is -9.73. The van der Waals surface area contributed by atoms with Gasteiger partial charge in [-0.15, -0.1) is 0 Å². The van der Waals surface area contributed by atoms with E-state index in [1.807, 2.05) is 0 Å². The van der Waals surface area contributed by atoms with Crippen LogP contribution in [0.5, 0.6) is 0 Å². The van der Waals surface area contributed by atoms with Crippen molar-refractivity contribution in [3.63, 3.8) is 0 Å². The van der Waals surface area contributed by atoms with E-state index >= 15 is 0 Å². The molecule has 0 aromatic carbocycles. The first kappa shape index (κ1) is 14.6. The third kappa shape index (κ3) is 9.18. The van der Waals surface area contributed by atoms with Crippen molar-refractivity contribution in [1.29, 1.82) is 0 Å². The molecule has 0 rings (SSSR count). The van der Waals surface area contributed by atoms with Gasteiger partial charge in [-0.25, -0.2) is 13.1 Å². The van der Waals surface area contributed by atoms with E-state index in [-0.39, 0.29) is 0 Å². The van der Waals surface area contributed by atoms with E-state index < -0.39 is 20.4 Å². The molecule has 0 saturated carbocycles. The zero-order valence-corrected chi connectivity index (χ0v) is 10.4. The predicted octanol–water partition coefficient (Wildman–Crippen LogP) is 1.66. The normalized spacial score (nSPS) is 17.9. The molecule has 0 radical (unpaired) electrons. The van der Waals surface area contributed by atoms with E-state index in [4.69, 9.17) is 14.7 Å². The van der Waals surface area contributed by atoms with Gasteiger partial charge in [0.15, 0.2) is 0 Å². The average Bonchev–Trinajstić information content (AvgIpc) is 1.76. The fourth-order valence-electron chi connectivity index (χ4n) is 0.307. The van der Waals surface area contributed by atoms with Gasteiger partial charge in [-0.3, -0.25) is 0 Å². The number of rotatable bonds is 4. The molecule has 0 fully saturated rings. The second-order valence-corrected chi connectivity index (χ2v) is 7.87. The fraction of sp³-hybridized carbons (Fsp3) is 1.00. The van der Waals surface area contributed by atoms with E-state index in [0.29, 0.717) is 12.0 Å². The van der Waals surface area contributed by atoms with Crippen LogP contribution in [0.2, 0.25) is 0 Å². The Morgan fingerprint density at radius 2 is 1.57 bits per heavy atom. The van der Waals surface area contributed by atoms with Gasteiger partial charge >= 0.3 is 15.6 Å². The maximum atomic E-state index is 10.9. The number of hydrogen-bond donors (Lipinski definition) is 3. The molecule has 0 heterocycles. The lowest BCUT2D eigenvalue weighted by molar-refractivity contribution is 0.235. The van der Waals surface area contributed by atoms with Gasteiger partial charge in [0.05, 0.1) is 0 Å². The summed E-state index contributed by atoms with van der Waals surface area (Å²) in [6.07, 6.45) is 0. The highest BCUT2D eigenvalue weighted by Crippen LogP contribution is 2.60.